The number of ether oxygens (including phenoxy) is 1. The van der Waals surface area contributed by atoms with Crippen LogP contribution in [0.15, 0.2) is 6.20 Å². The predicted molar refractivity (Wildman–Crippen MR) is 69.9 cm³/mol. The number of aromatic nitrogens is 3. The third-order valence-corrected chi connectivity index (χ3v) is 2.53. The van der Waals surface area contributed by atoms with Crippen LogP contribution in [0.3, 0.4) is 0 Å². The summed E-state index contributed by atoms with van der Waals surface area (Å²) in [6.45, 7) is 3.85. The molecule has 0 fully saturated rings. The van der Waals surface area contributed by atoms with Gasteiger partial charge < -0.3 is 15.2 Å². The van der Waals surface area contributed by atoms with Gasteiger partial charge in [-0.1, -0.05) is 19.1 Å². The van der Waals surface area contributed by atoms with E-state index in [9.17, 15) is 14.4 Å². The molecule has 21 heavy (non-hydrogen) atoms. The molecule has 0 saturated heterocycles. The van der Waals surface area contributed by atoms with Gasteiger partial charge in [-0.25, -0.2) is 9.48 Å². The zero-order valence-electron chi connectivity index (χ0n) is 11.9. The lowest BCUT2D eigenvalue weighted by Crippen LogP contribution is -2.43. The summed E-state index contributed by atoms with van der Waals surface area (Å²) in [5, 5.41) is 18.9. The number of nitrogens with zero attached hydrogens (tertiary/aromatic N) is 3. The SMILES string of the molecule is CC(C)CC(NC(=O)Cn1cc(COC=O)nn1)C(=O)O. The molecule has 0 radical (unpaired) electrons. The minimum atomic E-state index is -1.07. The lowest BCUT2D eigenvalue weighted by Gasteiger charge is -2.16. The van der Waals surface area contributed by atoms with Crippen LogP contribution in [0.1, 0.15) is 26.0 Å². The first-order valence-corrected chi connectivity index (χ1v) is 6.38. The highest BCUT2D eigenvalue weighted by molar-refractivity contribution is 5.83. The Hall–Kier alpha value is -2.45. The quantitative estimate of drug-likeness (QED) is 0.593. The molecule has 9 heteroatoms. The highest BCUT2D eigenvalue weighted by Crippen LogP contribution is 2.05. The molecule has 9 nitrogen and oxygen atoms in total. The average molecular weight is 298 g/mol. The van der Waals surface area contributed by atoms with Crippen molar-refractivity contribution in [3.8, 4) is 0 Å². The summed E-state index contributed by atoms with van der Waals surface area (Å²) in [5.74, 6) is -1.41. The van der Waals surface area contributed by atoms with Crippen LogP contribution < -0.4 is 5.32 Å². The molecule has 0 aliphatic heterocycles. The maximum atomic E-state index is 11.8. The number of carboxylic acid groups (broad SMARTS) is 1. The number of carboxylic acids is 1. The van der Waals surface area contributed by atoms with E-state index >= 15 is 0 Å². The van der Waals surface area contributed by atoms with Crippen molar-refractivity contribution in [2.45, 2.75) is 39.5 Å². The van der Waals surface area contributed by atoms with Crippen LogP contribution in [0.4, 0.5) is 0 Å². The Bertz CT molecular complexity index is 500. The molecule has 1 aromatic heterocycles. The zero-order chi connectivity index (χ0) is 15.8. The number of hydrogen-bond donors (Lipinski definition) is 2. The van der Waals surface area contributed by atoms with Crippen molar-refractivity contribution in [2.75, 3.05) is 0 Å². The lowest BCUT2D eigenvalue weighted by atomic mass is 10.0. The average Bonchev–Trinajstić information content (AvgIpc) is 2.82. The summed E-state index contributed by atoms with van der Waals surface area (Å²) in [7, 11) is 0. The van der Waals surface area contributed by atoms with Crippen LogP contribution >= 0.6 is 0 Å². The first-order valence-electron chi connectivity index (χ1n) is 6.38. The van der Waals surface area contributed by atoms with Gasteiger partial charge in [-0.2, -0.15) is 0 Å². The molecule has 0 saturated carbocycles. The van der Waals surface area contributed by atoms with Gasteiger partial charge in [-0.15, -0.1) is 5.10 Å². The Morgan fingerprint density at radius 1 is 1.52 bits per heavy atom. The maximum Gasteiger partial charge on any atom is 0.326 e. The van der Waals surface area contributed by atoms with E-state index in [1.54, 1.807) is 0 Å². The Morgan fingerprint density at radius 2 is 2.24 bits per heavy atom. The highest BCUT2D eigenvalue weighted by Gasteiger charge is 2.21. The molecule has 0 aliphatic rings. The molecular formula is C12H18N4O5. The van der Waals surface area contributed by atoms with E-state index in [1.807, 2.05) is 13.8 Å². The van der Waals surface area contributed by atoms with Crippen molar-refractivity contribution in [3.05, 3.63) is 11.9 Å². The highest BCUT2D eigenvalue weighted by atomic mass is 16.5. The number of nitrogens with one attached hydrogen (secondary N) is 1. The second-order valence-electron chi connectivity index (χ2n) is 4.90. The fourth-order valence-electron chi connectivity index (χ4n) is 1.68. The van der Waals surface area contributed by atoms with Crippen molar-refractivity contribution in [2.24, 2.45) is 5.92 Å². The first-order chi connectivity index (χ1) is 9.92. The zero-order valence-corrected chi connectivity index (χ0v) is 11.9. The van der Waals surface area contributed by atoms with Crippen LogP contribution in [0.5, 0.6) is 0 Å². The van der Waals surface area contributed by atoms with Gasteiger partial charge in [0.2, 0.25) is 5.91 Å². The molecule has 0 bridgehead atoms. The van der Waals surface area contributed by atoms with E-state index < -0.39 is 17.9 Å². The number of carbonyl (C=O) groups is 3. The number of aliphatic carboxylic acids is 1. The molecule has 1 rings (SSSR count). The summed E-state index contributed by atoms with van der Waals surface area (Å²) < 4.78 is 5.75. The fourth-order valence-corrected chi connectivity index (χ4v) is 1.68. The molecule has 0 aliphatic carbocycles. The van der Waals surface area contributed by atoms with Crippen molar-refractivity contribution >= 4 is 18.3 Å². The molecule has 116 valence electrons. The van der Waals surface area contributed by atoms with Crippen LogP contribution in [0.2, 0.25) is 0 Å². The van der Waals surface area contributed by atoms with E-state index in [2.05, 4.69) is 20.4 Å². The minimum Gasteiger partial charge on any atom is -0.480 e. The topological polar surface area (TPSA) is 123 Å². The second-order valence-corrected chi connectivity index (χ2v) is 4.90. The van der Waals surface area contributed by atoms with Gasteiger partial charge >= 0.3 is 5.97 Å². The largest absolute Gasteiger partial charge is 0.480 e. The van der Waals surface area contributed by atoms with Crippen LogP contribution in [0.25, 0.3) is 0 Å². The monoisotopic (exact) mass is 298 g/mol. The van der Waals surface area contributed by atoms with Gasteiger partial charge in [0.05, 0.1) is 6.20 Å². The van der Waals surface area contributed by atoms with Gasteiger partial charge in [-0.05, 0) is 12.3 Å². The van der Waals surface area contributed by atoms with Crippen molar-refractivity contribution in [1.82, 2.24) is 20.3 Å². The van der Waals surface area contributed by atoms with Crippen LogP contribution in [0, 0.1) is 5.92 Å². The Balaban J connectivity index is 2.53. The van der Waals surface area contributed by atoms with E-state index in [0.29, 0.717) is 12.1 Å². The maximum absolute atomic E-state index is 11.8. The lowest BCUT2D eigenvalue weighted by molar-refractivity contribution is -0.142. The van der Waals surface area contributed by atoms with Crippen molar-refractivity contribution in [3.63, 3.8) is 0 Å². The normalized spacial score (nSPS) is 12.0. The van der Waals surface area contributed by atoms with Gasteiger partial charge in [0.1, 0.15) is 24.9 Å². The van der Waals surface area contributed by atoms with Crippen molar-refractivity contribution < 1.29 is 24.2 Å². The van der Waals surface area contributed by atoms with Gasteiger partial charge in [0.25, 0.3) is 6.47 Å². The summed E-state index contributed by atoms with van der Waals surface area (Å²) in [6.07, 6.45) is 1.79. The molecule has 1 atom stereocenters. The molecule has 1 unspecified atom stereocenters. The summed E-state index contributed by atoms with van der Waals surface area (Å²) in [5.41, 5.74) is 0.395. The van der Waals surface area contributed by atoms with E-state index in [1.165, 1.54) is 10.9 Å². The van der Waals surface area contributed by atoms with Crippen LogP contribution in [-0.4, -0.2) is 44.5 Å². The third kappa shape index (κ3) is 6.02. The van der Waals surface area contributed by atoms with Crippen molar-refractivity contribution in [1.29, 1.82) is 0 Å². The number of amides is 1. The van der Waals surface area contributed by atoms with Gasteiger partial charge in [0.15, 0.2) is 0 Å². The van der Waals surface area contributed by atoms with Gasteiger partial charge in [-0.3, -0.25) is 9.59 Å². The molecule has 1 amide bonds. The number of rotatable bonds is 9. The van der Waals surface area contributed by atoms with E-state index in [-0.39, 0.29) is 25.5 Å². The molecule has 2 N–H and O–H groups in total. The summed E-state index contributed by atoms with van der Waals surface area (Å²) in [4.78, 5) is 32.9. The standard InChI is InChI=1S/C12H18N4O5/c1-8(2)3-10(12(19)20)13-11(18)5-16-4-9(14-15-16)6-21-7-17/h4,7-8,10H,3,5-6H2,1-2H3,(H,13,18)(H,19,20). The van der Waals surface area contributed by atoms with E-state index in [0.717, 1.165) is 0 Å². The third-order valence-electron chi connectivity index (χ3n) is 2.53. The number of hydrogen-bond acceptors (Lipinski definition) is 6. The number of carbonyl (C=O) groups excluding carboxylic acids is 2. The fraction of sp³-hybridized carbons (Fsp3) is 0.583. The Labute approximate surface area is 121 Å². The first kappa shape index (κ1) is 16.6. The Kier molecular flexibility index (Phi) is 6.31. The predicted octanol–water partition coefficient (Wildman–Crippen LogP) is -0.433. The van der Waals surface area contributed by atoms with Gasteiger partial charge in [0, 0.05) is 0 Å². The Morgan fingerprint density at radius 3 is 2.81 bits per heavy atom. The van der Waals surface area contributed by atoms with E-state index in [4.69, 9.17) is 5.11 Å². The molecule has 1 aromatic rings. The summed E-state index contributed by atoms with van der Waals surface area (Å²) in [6, 6.07) is -0.932. The van der Waals surface area contributed by atoms with Crippen LogP contribution in [-0.2, 0) is 32.3 Å². The molecule has 0 aromatic carbocycles. The molecule has 0 spiro atoms. The minimum absolute atomic E-state index is 0.0315. The summed E-state index contributed by atoms with van der Waals surface area (Å²) >= 11 is 0. The smallest absolute Gasteiger partial charge is 0.326 e. The molecular weight excluding hydrogens is 280 g/mol. The molecule has 1 heterocycles. The second kappa shape index (κ2) is 7.98.